The smallest absolute Gasteiger partial charge is 0.231 e. The first-order chi connectivity index (χ1) is 20.4. The van der Waals surface area contributed by atoms with Crippen LogP contribution < -0.4 is 21.7 Å². The van der Waals surface area contributed by atoms with Crippen LogP contribution in [0.3, 0.4) is 0 Å². The topological polar surface area (TPSA) is 129 Å². The van der Waals surface area contributed by atoms with Gasteiger partial charge < -0.3 is 21.7 Å². The van der Waals surface area contributed by atoms with E-state index in [0.29, 0.717) is 12.8 Å². The molecule has 0 bridgehead atoms. The van der Waals surface area contributed by atoms with Crippen molar-refractivity contribution in [3.63, 3.8) is 0 Å². The van der Waals surface area contributed by atoms with Gasteiger partial charge in [0.1, 0.15) is 0 Å². The van der Waals surface area contributed by atoms with E-state index in [1.165, 1.54) is 0 Å². The maximum absolute atomic E-state index is 12.4. The van der Waals surface area contributed by atoms with E-state index in [9.17, 15) is 14.4 Å². The van der Waals surface area contributed by atoms with E-state index in [1.54, 1.807) is 12.2 Å². The van der Waals surface area contributed by atoms with Gasteiger partial charge in [-0.05, 0) is 93.7 Å². The zero-order chi connectivity index (χ0) is 30.2. The average Bonchev–Trinajstić information content (AvgIpc) is 2.98. The number of hydrogen-bond acceptors (Lipinski definition) is 6. The Kier molecular flexibility index (Phi) is 13.4. The van der Waals surface area contributed by atoms with E-state index in [2.05, 4.69) is 26.6 Å². The fourth-order valence-corrected chi connectivity index (χ4v) is 4.85. The van der Waals surface area contributed by atoms with Gasteiger partial charge in [-0.15, -0.1) is 5.73 Å². The number of carbonyl (C=O) groups is 3. The summed E-state index contributed by atoms with van der Waals surface area (Å²) in [6.07, 6.45) is 7.49. The summed E-state index contributed by atoms with van der Waals surface area (Å²) < 4.78 is 0. The number of fused-ring (bicyclic) bond motifs is 1. The molecule has 3 amide bonds. The maximum atomic E-state index is 12.4. The molecule has 9 heteroatoms. The minimum absolute atomic E-state index is 0.115. The lowest BCUT2D eigenvalue weighted by molar-refractivity contribution is -0.119. The van der Waals surface area contributed by atoms with E-state index in [1.807, 2.05) is 68.6 Å². The molecule has 1 aromatic heterocycles. The highest BCUT2D eigenvalue weighted by Crippen LogP contribution is 2.25. The Hall–Kier alpha value is -4.30. The Morgan fingerprint density at radius 1 is 1.07 bits per heavy atom. The fourth-order valence-electron chi connectivity index (χ4n) is 4.85. The number of para-hydroxylation sites is 1. The van der Waals surface area contributed by atoms with Gasteiger partial charge in [0.05, 0.1) is 30.2 Å². The zero-order valence-electron chi connectivity index (χ0n) is 24.6. The molecule has 0 aliphatic carbocycles. The average molecular weight is 571 g/mol. The Labute approximate surface area is 248 Å². The van der Waals surface area contributed by atoms with Gasteiger partial charge in [-0.25, -0.2) is 0 Å². The molecule has 0 aliphatic rings. The van der Waals surface area contributed by atoms with Crippen LogP contribution in [0.4, 0.5) is 5.69 Å². The SMILES string of the molecule is CC=C=CCC(=O)Nc1ccc(CC(NC=O)c2ccc3ccccc3n2)c(CCCCN(CCNC)CC(N)=O)c1. The van der Waals surface area contributed by atoms with Gasteiger partial charge in [0, 0.05) is 24.2 Å². The number of carbonyl (C=O) groups excluding carboxylic acids is 3. The van der Waals surface area contributed by atoms with E-state index in [0.717, 1.165) is 72.3 Å². The third kappa shape index (κ3) is 10.6. The number of aromatic nitrogens is 1. The maximum Gasteiger partial charge on any atom is 0.231 e. The van der Waals surface area contributed by atoms with Crippen LogP contribution in [0.1, 0.15) is 49.0 Å². The number of nitrogens with zero attached hydrogens (tertiary/aromatic N) is 2. The molecule has 0 saturated carbocycles. The third-order valence-corrected chi connectivity index (χ3v) is 6.96. The number of benzene rings is 2. The van der Waals surface area contributed by atoms with Crippen LogP contribution in [0.5, 0.6) is 0 Å². The van der Waals surface area contributed by atoms with Crippen molar-refractivity contribution in [1.82, 2.24) is 20.5 Å². The second-order valence-corrected chi connectivity index (χ2v) is 10.2. The molecule has 42 heavy (non-hydrogen) atoms. The number of primary amides is 1. The van der Waals surface area contributed by atoms with Crippen molar-refractivity contribution in [2.45, 2.75) is 45.1 Å². The number of likely N-dealkylation sites (N-methyl/N-ethyl adjacent to an activating group) is 1. The summed E-state index contributed by atoms with van der Waals surface area (Å²) in [5, 5.41) is 10.1. The third-order valence-electron chi connectivity index (χ3n) is 6.96. The predicted molar refractivity (Wildman–Crippen MR) is 168 cm³/mol. The number of nitrogens with one attached hydrogen (secondary N) is 3. The summed E-state index contributed by atoms with van der Waals surface area (Å²) in [4.78, 5) is 42.4. The minimum Gasteiger partial charge on any atom is -0.369 e. The molecule has 0 fully saturated rings. The number of anilines is 1. The van der Waals surface area contributed by atoms with Gasteiger partial charge in [-0.2, -0.15) is 0 Å². The Morgan fingerprint density at radius 2 is 1.90 bits per heavy atom. The highest BCUT2D eigenvalue weighted by molar-refractivity contribution is 5.91. The van der Waals surface area contributed by atoms with Crippen molar-refractivity contribution in [1.29, 1.82) is 0 Å². The van der Waals surface area contributed by atoms with Crippen molar-refractivity contribution < 1.29 is 14.4 Å². The van der Waals surface area contributed by atoms with Crippen LogP contribution in [-0.2, 0) is 27.2 Å². The summed E-state index contributed by atoms with van der Waals surface area (Å²) in [6.45, 7) is 4.35. The molecule has 3 rings (SSSR count). The molecule has 1 unspecified atom stereocenters. The zero-order valence-corrected chi connectivity index (χ0v) is 24.6. The van der Waals surface area contributed by atoms with Crippen LogP contribution in [0.15, 0.2) is 72.5 Å². The van der Waals surface area contributed by atoms with Gasteiger partial charge >= 0.3 is 0 Å². The van der Waals surface area contributed by atoms with E-state index in [-0.39, 0.29) is 30.8 Å². The first-order valence-corrected chi connectivity index (χ1v) is 14.4. The number of nitrogens with two attached hydrogens (primary N) is 1. The van der Waals surface area contributed by atoms with Crippen LogP contribution in [0.25, 0.3) is 10.9 Å². The molecule has 2 aromatic carbocycles. The first-order valence-electron chi connectivity index (χ1n) is 14.4. The lowest BCUT2D eigenvalue weighted by Gasteiger charge is -2.21. The van der Waals surface area contributed by atoms with Crippen LogP contribution in [0, 0.1) is 0 Å². The summed E-state index contributed by atoms with van der Waals surface area (Å²) in [7, 11) is 1.88. The van der Waals surface area contributed by atoms with E-state index >= 15 is 0 Å². The number of rotatable bonds is 18. The molecule has 0 radical (unpaired) electrons. The van der Waals surface area contributed by atoms with E-state index in [4.69, 9.17) is 10.7 Å². The summed E-state index contributed by atoms with van der Waals surface area (Å²) in [5.41, 5.74) is 12.9. The van der Waals surface area contributed by atoms with Crippen molar-refractivity contribution in [3.05, 3.63) is 89.3 Å². The van der Waals surface area contributed by atoms with Crippen LogP contribution >= 0.6 is 0 Å². The molecule has 1 heterocycles. The molecule has 3 aromatic rings. The van der Waals surface area contributed by atoms with Gasteiger partial charge in [0.2, 0.25) is 18.2 Å². The van der Waals surface area contributed by atoms with Crippen LogP contribution in [0.2, 0.25) is 0 Å². The Bertz CT molecular complexity index is 1400. The van der Waals surface area contributed by atoms with Crippen molar-refractivity contribution in [3.8, 4) is 0 Å². The second-order valence-electron chi connectivity index (χ2n) is 10.2. The quantitative estimate of drug-likeness (QED) is 0.105. The van der Waals surface area contributed by atoms with Crippen LogP contribution in [-0.4, -0.2) is 61.3 Å². The van der Waals surface area contributed by atoms with Gasteiger partial charge in [-0.3, -0.25) is 24.3 Å². The standard InChI is InChI=1S/C33H42N6O3/c1-3-4-5-13-33(42)37-28-16-14-27(26(21-28)11-8-9-19-39(20-18-35-2)23-32(34)41)22-31(36-24-40)30-17-15-25-10-6-7-12-29(25)38-30/h3,5-7,10,12,14-17,21,24,31,35H,8-9,11,13,18-20,22-23H2,1-2H3,(H2,34,41)(H,36,40)(H,37,42). The summed E-state index contributed by atoms with van der Waals surface area (Å²) in [5.74, 6) is -0.451. The molecule has 0 aliphatic heterocycles. The molecular formula is C33H42N6O3. The number of pyridine rings is 1. The molecule has 0 saturated heterocycles. The summed E-state index contributed by atoms with van der Waals surface area (Å²) in [6, 6.07) is 17.5. The molecule has 5 N–H and O–H groups in total. The lowest BCUT2D eigenvalue weighted by Crippen LogP contribution is -2.38. The number of hydrogen-bond donors (Lipinski definition) is 4. The number of aryl methyl sites for hydroxylation is 1. The largest absolute Gasteiger partial charge is 0.369 e. The Balaban J connectivity index is 1.80. The fraction of sp³-hybridized carbons (Fsp3) is 0.364. The first kappa shape index (κ1) is 32.2. The lowest BCUT2D eigenvalue weighted by atomic mass is 9.94. The number of amides is 3. The van der Waals surface area contributed by atoms with Gasteiger partial charge in [-0.1, -0.05) is 30.3 Å². The van der Waals surface area contributed by atoms with Crippen molar-refractivity contribution in [2.24, 2.45) is 5.73 Å². The minimum atomic E-state index is -0.336. The second kappa shape index (κ2) is 17.5. The molecule has 1 atom stereocenters. The molecule has 0 spiro atoms. The monoisotopic (exact) mass is 570 g/mol. The number of unbranched alkanes of at least 4 members (excludes halogenated alkanes) is 1. The van der Waals surface area contributed by atoms with Gasteiger partial charge in [0.15, 0.2) is 0 Å². The highest BCUT2D eigenvalue weighted by atomic mass is 16.2. The normalized spacial score (nSPS) is 11.5. The molecule has 222 valence electrons. The molecule has 9 nitrogen and oxygen atoms in total. The van der Waals surface area contributed by atoms with E-state index < -0.39 is 0 Å². The molecular weight excluding hydrogens is 528 g/mol. The van der Waals surface area contributed by atoms with Crippen molar-refractivity contribution >= 4 is 34.8 Å². The summed E-state index contributed by atoms with van der Waals surface area (Å²) >= 11 is 0. The Morgan fingerprint density at radius 3 is 2.67 bits per heavy atom. The van der Waals surface area contributed by atoms with Crippen molar-refractivity contribution in [2.75, 3.05) is 38.5 Å². The highest BCUT2D eigenvalue weighted by Gasteiger charge is 2.17. The van der Waals surface area contributed by atoms with Gasteiger partial charge in [0.25, 0.3) is 0 Å². The predicted octanol–water partition coefficient (Wildman–Crippen LogP) is 3.65.